The Morgan fingerprint density at radius 1 is 1.44 bits per heavy atom. The number of benzene rings is 1. The zero-order valence-electron chi connectivity index (χ0n) is 8.51. The van der Waals surface area contributed by atoms with Crippen LogP contribution in [-0.2, 0) is 0 Å². The second-order valence-corrected chi connectivity index (χ2v) is 3.87. The molecule has 16 heavy (non-hydrogen) atoms. The normalized spacial score (nSPS) is 14.5. The summed E-state index contributed by atoms with van der Waals surface area (Å²) in [5.74, 6) is -0.304. The fraction of sp³-hybridized carbons (Fsp3) is 0.364. The third kappa shape index (κ3) is 3.04. The SMILES string of the molecule is O=Cc1ccc(C(O)C(O)CCS)c(F)c1. The Bertz CT molecular complexity index is 370. The van der Waals surface area contributed by atoms with Gasteiger partial charge >= 0.3 is 0 Å². The molecule has 0 aliphatic rings. The second-order valence-electron chi connectivity index (χ2n) is 3.42. The van der Waals surface area contributed by atoms with E-state index in [0.717, 1.165) is 6.07 Å². The van der Waals surface area contributed by atoms with Crippen molar-refractivity contribution in [2.45, 2.75) is 18.6 Å². The van der Waals surface area contributed by atoms with Crippen LogP contribution >= 0.6 is 12.6 Å². The predicted octanol–water partition coefficient (Wildman–Crippen LogP) is 1.35. The molecule has 0 aliphatic heterocycles. The van der Waals surface area contributed by atoms with Gasteiger partial charge in [-0.15, -0.1) is 0 Å². The lowest BCUT2D eigenvalue weighted by Gasteiger charge is -2.17. The highest BCUT2D eigenvalue weighted by Crippen LogP contribution is 2.22. The lowest BCUT2D eigenvalue weighted by molar-refractivity contribution is 0.0151. The summed E-state index contributed by atoms with van der Waals surface area (Å²) in [4.78, 5) is 10.4. The minimum absolute atomic E-state index is 0.0140. The van der Waals surface area contributed by atoms with Crippen LogP contribution in [0.1, 0.15) is 28.4 Å². The third-order valence-electron chi connectivity index (χ3n) is 2.27. The van der Waals surface area contributed by atoms with Crippen molar-refractivity contribution in [3.63, 3.8) is 0 Å². The van der Waals surface area contributed by atoms with Gasteiger partial charge in [0, 0.05) is 11.1 Å². The van der Waals surface area contributed by atoms with E-state index in [9.17, 15) is 19.4 Å². The van der Waals surface area contributed by atoms with Gasteiger partial charge in [0.1, 0.15) is 18.2 Å². The molecule has 2 unspecified atom stereocenters. The van der Waals surface area contributed by atoms with E-state index in [-0.39, 0.29) is 17.5 Å². The molecule has 0 radical (unpaired) electrons. The lowest BCUT2D eigenvalue weighted by Crippen LogP contribution is -2.19. The fourth-order valence-corrected chi connectivity index (χ4v) is 1.62. The number of aliphatic hydroxyl groups is 2. The molecule has 0 aliphatic carbocycles. The average molecular weight is 244 g/mol. The molecule has 0 bridgehead atoms. The summed E-state index contributed by atoms with van der Waals surface area (Å²) in [6.45, 7) is 0. The van der Waals surface area contributed by atoms with Crippen molar-refractivity contribution in [2.75, 3.05) is 5.75 Å². The molecule has 0 heterocycles. The summed E-state index contributed by atoms with van der Waals surface area (Å²) in [6, 6.07) is 3.71. The lowest BCUT2D eigenvalue weighted by atomic mass is 10.0. The van der Waals surface area contributed by atoms with Gasteiger partial charge < -0.3 is 10.2 Å². The van der Waals surface area contributed by atoms with Crippen LogP contribution in [0.25, 0.3) is 0 Å². The van der Waals surface area contributed by atoms with E-state index < -0.39 is 18.0 Å². The van der Waals surface area contributed by atoms with Crippen LogP contribution in [0, 0.1) is 5.82 Å². The van der Waals surface area contributed by atoms with Gasteiger partial charge in [0.25, 0.3) is 0 Å². The number of hydrogen-bond donors (Lipinski definition) is 3. The largest absolute Gasteiger partial charge is 0.390 e. The van der Waals surface area contributed by atoms with Gasteiger partial charge in [0.15, 0.2) is 0 Å². The van der Waals surface area contributed by atoms with E-state index in [2.05, 4.69) is 12.6 Å². The zero-order valence-corrected chi connectivity index (χ0v) is 9.40. The summed E-state index contributed by atoms with van der Waals surface area (Å²) < 4.78 is 13.4. The molecule has 88 valence electrons. The molecule has 3 nitrogen and oxygen atoms in total. The number of hydrogen-bond acceptors (Lipinski definition) is 4. The van der Waals surface area contributed by atoms with Gasteiger partial charge in [-0.05, 0) is 18.2 Å². The van der Waals surface area contributed by atoms with Crippen molar-refractivity contribution >= 4 is 18.9 Å². The highest BCUT2D eigenvalue weighted by atomic mass is 32.1. The van der Waals surface area contributed by atoms with Crippen LogP contribution in [-0.4, -0.2) is 28.4 Å². The topological polar surface area (TPSA) is 57.5 Å². The van der Waals surface area contributed by atoms with E-state index in [1.807, 2.05) is 0 Å². The number of aldehydes is 1. The van der Waals surface area contributed by atoms with Crippen molar-refractivity contribution in [3.8, 4) is 0 Å². The van der Waals surface area contributed by atoms with Crippen molar-refractivity contribution in [1.29, 1.82) is 0 Å². The van der Waals surface area contributed by atoms with Crippen molar-refractivity contribution in [1.82, 2.24) is 0 Å². The molecule has 0 aromatic heterocycles. The Morgan fingerprint density at radius 3 is 2.62 bits per heavy atom. The summed E-state index contributed by atoms with van der Waals surface area (Å²) in [7, 11) is 0. The predicted molar refractivity (Wildman–Crippen MR) is 61.2 cm³/mol. The molecule has 5 heteroatoms. The van der Waals surface area contributed by atoms with Crippen molar-refractivity contribution < 1.29 is 19.4 Å². The standard InChI is InChI=1S/C11H13FO3S/c12-9-5-7(6-13)1-2-8(9)11(15)10(14)3-4-16/h1-2,5-6,10-11,14-16H,3-4H2. The van der Waals surface area contributed by atoms with E-state index in [1.165, 1.54) is 12.1 Å². The first-order chi connectivity index (χ1) is 7.60. The minimum Gasteiger partial charge on any atom is -0.390 e. The summed E-state index contributed by atoms with van der Waals surface area (Å²) in [6.07, 6.45) is -1.58. The summed E-state index contributed by atoms with van der Waals surface area (Å²) in [5.41, 5.74) is 0.178. The number of aliphatic hydroxyl groups excluding tert-OH is 2. The van der Waals surface area contributed by atoms with Crippen LogP contribution < -0.4 is 0 Å². The molecule has 0 amide bonds. The van der Waals surface area contributed by atoms with Crippen LogP contribution in [0.15, 0.2) is 18.2 Å². The molecule has 0 saturated heterocycles. The van der Waals surface area contributed by atoms with Gasteiger partial charge in [0.05, 0.1) is 6.10 Å². The fourth-order valence-electron chi connectivity index (χ4n) is 1.35. The van der Waals surface area contributed by atoms with E-state index in [1.54, 1.807) is 0 Å². The number of halogens is 1. The zero-order chi connectivity index (χ0) is 12.1. The summed E-state index contributed by atoms with van der Waals surface area (Å²) in [5, 5.41) is 19.1. The van der Waals surface area contributed by atoms with Crippen molar-refractivity contribution in [3.05, 3.63) is 35.1 Å². The second kappa shape index (κ2) is 5.98. The van der Waals surface area contributed by atoms with E-state index in [4.69, 9.17) is 0 Å². The smallest absolute Gasteiger partial charge is 0.150 e. The quantitative estimate of drug-likeness (QED) is 0.541. The van der Waals surface area contributed by atoms with Crippen LogP contribution in [0.5, 0.6) is 0 Å². The van der Waals surface area contributed by atoms with E-state index >= 15 is 0 Å². The number of carbonyl (C=O) groups excluding carboxylic acids is 1. The van der Waals surface area contributed by atoms with Crippen LogP contribution in [0.4, 0.5) is 4.39 Å². The number of carbonyl (C=O) groups is 1. The molecular formula is C11H13FO3S. The first-order valence-corrected chi connectivity index (χ1v) is 5.45. The molecule has 1 aromatic carbocycles. The molecule has 0 spiro atoms. The Balaban J connectivity index is 2.91. The van der Waals surface area contributed by atoms with Gasteiger partial charge in [-0.2, -0.15) is 12.6 Å². The highest BCUT2D eigenvalue weighted by molar-refractivity contribution is 7.80. The maximum atomic E-state index is 13.4. The van der Waals surface area contributed by atoms with E-state index in [0.29, 0.717) is 12.0 Å². The van der Waals surface area contributed by atoms with Crippen LogP contribution in [0.2, 0.25) is 0 Å². The monoisotopic (exact) mass is 244 g/mol. The first-order valence-electron chi connectivity index (χ1n) is 4.81. The van der Waals surface area contributed by atoms with Gasteiger partial charge in [-0.25, -0.2) is 4.39 Å². The maximum absolute atomic E-state index is 13.4. The highest BCUT2D eigenvalue weighted by Gasteiger charge is 2.20. The van der Waals surface area contributed by atoms with Gasteiger partial charge in [0.2, 0.25) is 0 Å². The Kier molecular flexibility index (Phi) is 4.92. The van der Waals surface area contributed by atoms with Crippen LogP contribution in [0.3, 0.4) is 0 Å². The van der Waals surface area contributed by atoms with Gasteiger partial charge in [-0.1, -0.05) is 12.1 Å². The Morgan fingerprint density at radius 2 is 2.12 bits per heavy atom. The molecule has 1 rings (SSSR count). The molecule has 0 fully saturated rings. The van der Waals surface area contributed by atoms with Crippen molar-refractivity contribution in [2.24, 2.45) is 0 Å². The molecule has 1 aromatic rings. The average Bonchev–Trinajstić information content (AvgIpc) is 2.28. The summed E-state index contributed by atoms with van der Waals surface area (Å²) >= 11 is 3.91. The Labute approximate surface area is 98.3 Å². The minimum atomic E-state index is -1.30. The number of rotatable bonds is 5. The maximum Gasteiger partial charge on any atom is 0.150 e. The first kappa shape index (κ1) is 13.2. The van der Waals surface area contributed by atoms with Gasteiger partial charge in [-0.3, -0.25) is 4.79 Å². The number of thiol groups is 1. The molecule has 0 saturated carbocycles. The Hall–Kier alpha value is -0.910. The molecule has 2 atom stereocenters. The molecule has 2 N–H and O–H groups in total. The molecular weight excluding hydrogens is 231 g/mol. The third-order valence-corrected chi connectivity index (χ3v) is 2.53.